The van der Waals surface area contributed by atoms with E-state index in [4.69, 9.17) is 4.74 Å². The van der Waals surface area contributed by atoms with E-state index in [1.165, 1.54) is 24.8 Å². The van der Waals surface area contributed by atoms with Gasteiger partial charge in [-0.25, -0.2) is 0 Å². The standard InChI is InChI=1S/C16H23NO/c1-17-11-16(8-5-9-18-12-16)15-10-14(15)13-6-3-2-4-7-13/h2-4,6-7,14-15,17H,5,8-12H2,1H3. The van der Waals surface area contributed by atoms with Crippen LogP contribution in [0, 0.1) is 11.3 Å². The first kappa shape index (κ1) is 12.2. The van der Waals surface area contributed by atoms with Crippen LogP contribution in [0.25, 0.3) is 0 Å². The number of hydrogen-bond acceptors (Lipinski definition) is 2. The Morgan fingerprint density at radius 3 is 2.83 bits per heavy atom. The van der Waals surface area contributed by atoms with E-state index in [0.717, 1.165) is 31.6 Å². The van der Waals surface area contributed by atoms with Gasteiger partial charge in [0.25, 0.3) is 0 Å². The van der Waals surface area contributed by atoms with Crippen molar-refractivity contribution in [1.29, 1.82) is 0 Å². The van der Waals surface area contributed by atoms with Crippen LogP contribution in [0.4, 0.5) is 0 Å². The average Bonchev–Trinajstić information content (AvgIpc) is 3.22. The second-order valence-electron chi connectivity index (χ2n) is 5.91. The number of ether oxygens (including phenoxy) is 1. The summed E-state index contributed by atoms with van der Waals surface area (Å²) in [7, 11) is 2.07. The molecule has 0 spiro atoms. The van der Waals surface area contributed by atoms with Crippen LogP contribution in [0.3, 0.4) is 0 Å². The highest BCUT2D eigenvalue weighted by Crippen LogP contribution is 2.59. The van der Waals surface area contributed by atoms with Gasteiger partial charge in [0, 0.05) is 18.6 Å². The minimum Gasteiger partial charge on any atom is -0.381 e. The van der Waals surface area contributed by atoms with Gasteiger partial charge >= 0.3 is 0 Å². The maximum atomic E-state index is 5.78. The summed E-state index contributed by atoms with van der Waals surface area (Å²) in [6, 6.07) is 11.0. The largest absolute Gasteiger partial charge is 0.381 e. The van der Waals surface area contributed by atoms with Crippen molar-refractivity contribution < 1.29 is 4.74 Å². The van der Waals surface area contributed by atoms with Gasteiger partial charge < -0.3 is 10.1 Å². The fraction of sp³-hybridized carbons (Fsp3) is 0.625. The van der Waals surface area contributed by atoms with Gasteiger partial charge in [0.1, 0.15) is 0 Å². The van der Waals surface area contributed by atoms with E-state index in [0.29, 0.717) is 5.41 Å². The van der Waals surface area contributed by atoms with Gasteiger partial charge in [-0.15, -0.1) is 0 Å². The minimum absolute atomic E-state index is 0.382. The van der Waals surface area contributed by atoms with Crippen molar-refractivity contribution in [2.75, 3.05) is 26.8 Å². The van der Waals surface area contributed by atoms with Crippen molar-refractivity contribution in [3.05, 3.63) is 35.9 Å². The van der Waals surface area contributed by atoms with Gasteiger partial charge in [-0.2, -0.15) is 0 Å². The summed E-state index contributed by atoms with van der Waals surface area (Å²) in [4.78, 5) is 0. The van der Waals surface area contributed by atoms with E-state index in [9.17, 15) is 0 Å². The summed E-state index contributed by atoms with van der Waals surface area (Å²) in [5.74, 6) is 1.58. The SMILES string of the molecule is CNCC1(C2CC2c2ccccc2)CCCOC1. The third kappa shape index (κ3) is 2.19. The molecule has 3 unspecified atom stereocenters. The van der Waals surface area contributed by atoms with E-state index in [1.54, 1.807) is 0 Å². The molecule has 2 aliphatic rings. The Hall–Kier alpha value is -0.860. The highest BCUT2D eigenvalue weighted by atomic mass is 16.5. The monoisotopic (exact) mass is 245 g/mol. The molecule has 1 saturated carbocycles. The van der Waals surface area contributed by atoms with E-state index in [2.05, 4.69) is 42.7 Å². The zero-order valence-corrected chi connectivity index (χ0v) is 11.2. The molecule has 1 N–H and O–H groups in total. The van der Waals surface area contributed by atoms with Crippen LogP contribution < -0.4 is 5.32 Å². The summed E-state index contributed by atoms with van der Waals surface area (Å²) in [5.41, 5.74) is 1.90. The van der Waals surface area contributed by atoms with Crippen LogP contribution in [0.2, 0.25) is 0 Å². The Bertz CT molecular complexity index is 378. The van der Waals surface area contributed by atoms with Gasteiger partial charge in [-0.3, -0.25) is 0 Å². The molecule has 0 amide bonds. The smallest absolute Gasteiger partial charge is 0.0537 e. The van der Waals surface area contributed by atoms with Crippen LogP contribution in [-0.2, 0) is 4.74 Å². The molecule has 3 atom stereocenters. The zero-order valence-electron chi connectivity index (χ0n) is 11.2. The lowest BCUT2D eigenvalue weighted by molar-refractivity contribution is -0.0203. The van der Waals surface area contributed by atoms with Gasteiger partial charge in [0.05, 0.1) is 6.61 Å². The molecule has 1 saturated heterocycles. The average molecular weight is 245 g/mol. The van der Waals surface area contributed by atoms with Crippen molar-refractivity contribution in [3.63, 3.8) is 0 Å². The molecular formula is C16H23NO. The molecule has 98 valence electrons. The molecule has 2 heteroatoms. The molecule has 1 aliphatic heterocycles. The fourth-order valence-corrected chi connectivity index (χ4v) is 3.73. The highest BCUT2D eigenvalue weighted by molar-refractivity contribution is 5.27. The molecule has 2 fully saturated rings. The highest BCUT2D eigenvalue weighted by Gasteiger charge is 2.53. The maximum absolute atomic E-state index is 5.78. The number of nitrogens with one attached hydrogen (secondary N) is 1. The number of hydrogen-bond donors (Lipinski definition) is 1. The van der Waals surface area contributed by atoms with Crippen molar-refractivity contribution in [1.82, 2.24) is 5.32 Å². The lowest BCUT2D eigenvalue weighted by Crippen LogP contribution is -2.42. The summed E-state index contributed by atoms with van der Waals surface area (Å²) >= 11 is 0. The molecule has 1 aliphatic carbocycles. The van der Waals surface area contributed by atoms with Crippen molar-refractivity contribution in [2.24, 2.45) is 11.3 Å². The quantitative estimate of drug-likeness (QED) is 0.880. The van der Waals surface area contributed by atoms with Crippen LogP contribution in [-0.4, -0.2) is 26.8 Å². The van der Waals surface area contributed by atoms with E-state index in [1.807, 2.05) is 0 Å². The molecule has 1 heterocycles. The Kier molecular flexibility index (Phi) is 3.40. The normalized spacial score (nSPS) is 35.4. The molecule has 0 aromatic heterocycles. The van der Waals surface area contributed by atoms with Crippen LogP contribution in [0.5, 0.6) is 0 Å². The summed E-state index contributed by atoms with van der Waals surface area (Å²) in [6.07, 6.45) is 3.89. The fourth-order valence-electron chi connectivity index (χ4n) is 3.73. The zero-order chi connectivity index (χ0) is 12.4. The van der Waals surface area contributed by atoms with Crippen LogP contribution >= 0.6 is 0 Å². The first-order valence-corrected chi connectivity index (χ1v) is 7.13. The number of benzene rings is 1. The number of rotatable bonds is 4. The van der Waals surface area contributed by atoms with Gasteiger partial charge in [0.2, 0.25) is 0 Å². The van der Waals surface area contributed by atoms with E-state index in [-0.39, 0.29) is 0 Å². The molecule has 0 bridgehead atoms. The van der Waals surface area contributed by atoms with Crippen molar-refractivity contribution in [3.8, 4) is 0 Å². The molecule has 1 aromatic carbocycles. The maximum Gasteiger partial charge on any atom is 0.0537 e. The molecule has 18 heavy (non-hydrogen) atoms. The Morgan fingerprint density at radius 1 is 1.33 bits per heavy atom. The molecule has 1 aromatic rings. The third-order valence-corrected chi connectivity index (χ3v) is 4.69. The van der Waals surface area contributed by atoms with Crippen LogP contribution in [0.15, 0.2) is 30.3 Å². The molecule has 3 rings (SSSR count). The van der Waals surface area contributed by atoms with Crippen molar-refractivity contribution >= 4 is 0 Å². The second-order valence-corrected chi connectivity index (χ2v) is 5.91. The van der Waals surface area contributed by atoms with Gasteiger partial charge in [-0.05, 0) is 43.7 Å². The predicted molar refractivity (Wildman–Crippen MR) is 73.7 cm³/mol. The van der Waals surface area contributed by atoms with Gasteiger partial charge in [0.15, 0.2) is 0 Å². The summed E-state index contributed by atoms with van der Waals surface area (Å²) in [6.45, 7) is 3.00. The van der Waals surface area contributed by atoms with E-state index >= 15 is 0 Å². The second kappa shape index (κ2) is 5.02. The summed E-state index contributed by atoms with van der Waals surface area (Å²) in [5, 5.41) is 3.39. The summed E-state index contributed by atoms with van der Waals surface area (Å²) < 4.78 is 5.78. The predicted octanol–water partition coefficient (Wildman–Crippen LogP) is 2.81. The topological polar surface area (TPSA) is 21.3 Å². The Balaban J connectivity index is 1.74. The molecule has 0 radical (unpaired) electrons. The molecular weight excluding hydrogens is 222 g/mol. The van der Waals surface area contributed by atoms with Gasteiger partial charge in [-0.1, -0.05) is 30.3 Å². The molecule has 2 nitrogen and oxygen atoms in total. The van der Waals surface area contributed by atoms with E-state index < -0.39 is 0 Å². The first-order valence-electron chi connectivity index (χ1n) is 7.13. The Labute approximate surface area is 110 Å². The lowest BCUT2D eigenvalue weighted by Gasteiger charge is -2.38. The van der Waals surface area contributed by atoms with Crippen molar-refractivity contribution in [2.45, 2.75) is 25.2 Å². The Morgan fingerprint density at radius 2 is 2.17 bits per heavy atom. The minimum atomic E-state index is 0.382. The third-order valence-electron chi connectivity index (χ3n) is 4.69. The van der Waals surface area contributed by atoms with Crippen LogP contribution in [0.1, 0.15) is 30.7 Å². The first-order chi connectivity index (χ1) is 8.86. The lowest BCUT2D eigenvalue weighted by atomic mass is 9.76.